The Kier molecular flexibility index (Phi) is 3.93. The van der Waals surface area contributed by atoms with E-state index in [4.69, 9.17) is 5.10 Å². The second-order valence-corrected chi connectivity index (χ2v) is 8.83. The molecule has 5 heteroatoms. The topological polar surface area (TPSA) is 50.5 Å². The number of fused-ring (bicyclic) bond motifs is 1. The molecule has 0 spiro atoms. The fraction of sp³-hybridized carbons (Fsp3) is 0.632. The smallest absolute Gasteiger partial charge is 0.228 e. The van der Waals surface area contributed by atoms with E-state index in [0.717, 1.165) is 36.4 Å². The Bertz CT molecular complexity index is 764. The van der Waals surface area contributed by atoms with Gasteiger partial charge in [0, 0.05) is 29.6 Å². The molecule has 1 fully saturated rings. The zero-order chi connectivity index (χ0) is 17.7. The molecule has 130 valence electrons. The minimum atomic E-state index is -0.366. The highest BCUT2D eigenvalue weighted by molar-refractivity contribution is 5.82. The molecule has 0 N–H and O–H groups in total. The van der Waals surface area contributed by atoms with Gasteiger partial charge in [0.15, 0.2) is 5.65 Å². The number of likely N-dealkylation sites (tertiary alicyclic amines) is 1. The molecule has 1 saturated heterocycles. The highest BCUT2D eigenvalue weighted by atomic mass is 16.2. The van der Waals surface area contributed by atoms with Crippen LogP contribution in [0, 0.1) is 5.41 Å². The number of carbonyl (C=O) groups excluding carboxylic acids is 1. The lowest BCUT2D eigenvalue weighted by atomic mass is 9.93. The Balaban J connectivity index is 2.05. The zero-order valence-electron chi connectivity index (χ0n) is 15.6. The Morgan fingerprint density at radius 1 is 1.21 bits per heavy atom. The lowest BCUT2D eigenvalue weighted by Gasteiger charge is -2.31. The van der Waals surface area contributed by atoms with E-state index >= 15 is 0 Å². The maximum atomic E-state index is 12.8. The largest absolute Gasteiger partial charge is 0.334 e. The molecule has 1 amide bonds. The fourth-order valence-electron chi connectivity index (χ4n) is 3.28. The average molecular weight is 328 g/mol. The Hall–Kier alpha value is -1.91. The van der Waals surface area contributed by atoms with Crippen molar-refractivity contribution in [3.63, 3.8) is 0 Å². The molecule has 0 radical (unpaired) electrons. The zero-order valence-corrected chi connectivity index (χ0v) is 15.6. The van der Waals surface area contributed by atoms with Crippen LogP contribution in [0.4, 0.5) is 0 Å². The van der Waals surface area contributed by atoms with Crippen molar-refractivity contribution in [2.75, 3.05) is 6.54 Å². The second-order valence-electron chi connectivity index (χ2n) is 8.83. The van der Waals surface area contributed by atoms with Gasteiger partial charge in [-0.05, 0) is 18.9 Å². The summed E-state index contributed by atoms with van der Waals surface area (Å²) in [5.41, 5.74) is 2.55. The molecule has 1 aliphatic rings. The van der Waals surface area contributed by atoms with Crippen LogP contribution < -0.4 is 0 Å². The first-order valence-corrected chi connectivity index (χ1v) is 8.75. The van der Waals surface area contributed by atoms with Gasteiger partial charge in [0.05, 0.1) is 17.4 Å². The highest BCUT2D eigenvalue weighted by Gasteiger charge is 2.37. The molecule has 3 heterocycles. The lowest BCUT2D eigenvalue weighted by Crippen LogP contribution is -2.39. The molecule has 1 atom stereocenters. The Morgan fingerprint density at radius 3 is 2.54 bits per heavy atom. The minimum absolute atomic E-state index is 0.0262. The second kappa shape index (κ2) is 5.57. The monoisotopic (exact) mass is 328 g/mol. The average Bonchev–Trinajstić information content (AvgIpc) is 3.11. The summed E-state index contributed by atoms with van der Waals surface area (Å²) in [4.78, 5) is 19.3. The number of hydrogen-bond donors (Lipinski definition) is 0. The van der Waals surface area contributed by atoms with Gasteiger partial charge in [-0.2, -0.15) is 5.10 Å². The van der Waals surface area contributed by atoms with Crippen molar-refractivity contribution in [1.29, 1.82) is 0 Å². The standard InChI is InChI=1S/C19H28N4O/c1-18(2,3)15-12-16-20-10-9-14(23(16)21-15)13-8-7-11-22(13)17(24)19(4,5)6/h9-10,12-13H,7-8,11H2,1-6H3/t13-/m0/s1. The van der Waals surface area contributed by atoms with Crippen molar-refractivity contribution in [2.45, 2.75) is 65.8 Å². The van der Waals surface area contributed by atoms with E-state index in [2.05, 4.69) is 25.8 Å². The molecular formula is C19H28N4O. The first-order valence-electron chi connectivity index (χ1n) is 8.75. The SMILES string of the molecule is CC(C)(C)C(=O)N1CCC[C@H]1c1ccnc2cc(C(C)(C)C)nn12. The number of aromatic nitrogens is 3. The van der Waals surface area contributed by atoms with Gasteiger partial charge in [-0.25, -0.2) is 9.50 Å². The molecule has 3 rings (SSSR count). The number of carbonyl (C=O) groups is 1. The molecule has 24 heavy (non-hydrogen) atoms. The third kappa shape index (κ3) is 2.92. The summed E-state index contributed by atoms with van der Waals surface area (Å²) in [6, 6.07) is 4.13. The van der Waals surface area contributed by atoms with E-state index in [1.165, 1.54) is 0 Å². The van der Waals surface area contributed by atoms with Crippen LogP contribution >= 0.6 is 0 Å². The molecular weight excluding hydrogens is 300 g/mol. The van der Waals surface area contributed by atoms with Crippen LogP contribution in [0.2, 0.25) is 0 Å². The minimum Gasteiger partial charge on any atom is -0.334 e. The van der Waals surface area contributed by atoms with Crippen LogP contribution in [0.25, 0.3) is 5.65 Å². The predicted molar refractivity (Wildman–Crippen MR) is 94.8 cm³/mol. The van der Waals surface area contributed by atoms with Gasteiger partial charge in [-0.1, -0.05) is 41.5 Å². The van der Waals surface area contributed by atoms with Gasteiger partial charge in [0.1, 0.15) is 0 Å². The Morgan fingerprint density at radius 2 is 1.92 bits per heavy atom. The number of rotatable bonds is 1. The summed E-state index contributed by atoms with van der Waals surface area (Å²) in [5.74, 6) is 0.207. The van der Waals surface area contributed by atoms with Crippen LogP contribution in [0.1, 0.15) is 71.8 Å². The summed E-state index contributed by atoms with van der Waals surface area (Å²) >= 11 is 0. The van der Waals surface area contributed by atoms with Gasteiger partial charge in [0.2, 0.25) is 5.91 Å². The summed E-state index contributed by atoms with van der Waals surface area (Å²) in [6.07, 6.45) is 3.84. The van der Waals surface area contributed by atoms with Crippen molar-refractivity contribution in [3.8, 4) is 0 Å². The number of hydrogen-bond acceptors (Lipinski definition) is 3. The van der Waals surface area contributed by atoms with Gasteiger partial charge in [-0.15, -0.1) is 0 Å². The maximum absolute atomic E-state index is 12.8. The van der Waals surface area contributed by atoms with E-state index in [0.29, 0.717) is 0 Å². The van der Waals surface area contributed by atoms with Gasteiger partial charge < -0.3 is 4.90 Å². The van der Waals surface area contributed by atoms with E-state index in [-0.39, 0.29) is 22.8 Å². The van der Waals surface area contributed by atoms with E-state index in [1.54, 1.807) is 0 Å². The third-order valence-electron chi connectivity index (χ3n) is 4.65. The molecule has 0 unspecified atom stereocenters. The molecule has 0 saturated carbocycles. The van der Waals surface area contributed by atoms with E-state index in [9.17, 15) is 4.79 Å². The van der Waals surface area contributed by atoms with Gasteiger partial charge in [0.25, 0.3) is 0 Å². The summed E-state index contributed by atoms with van der Waals surface area (Å²) in [7, 11) is 0. The lowest BCUT2D eigenvalue weighted by molar-refractivity contribution is -0.140. The fourth-order valence-corrected chi connectivity index (χ4v) is 3.28. The van der Waals surface area contributed by atoms with Crippen LogP contribution in [0.5, 0.6) is 0 Å². The first kappa shape index (κ1) is 16.9. The normalized spacial score (nSPS) is 19.2. The van der Waals surface area contributed by atoms with Crippen LogP contribution in [-0.2, 0) is 10.2 Å². The van der Waals surface area contributed by atoms with Gasteiger partial charge in [-0.3, -0.25) is 4.79 Å². The molecule has 2 aromatic heterocycles. The number of nitrogens with zero attached hydrogens (tertiary/aromatic N) is 4. The van der Waals surface area contributed by atoms with Crippen molar-refractivity contribution >= 4 is 11.6 Å². The molecule has 0 aliphatic carbocycles. The predicted octanol–water partition coefficient (Wildman–Crippen LogP) is 3.74. The van der Waals surface area contributed by atoms with Crippen LogP contribution in [0.3, 0.4) is 0 Å². The first-order chi connectivity index (χ1) is 11.1. The molecule has 1 aliphatic heterocycles. The Labute approximate surface area is 144 Å². The van der Waals surface area contributed by atoms with Gasteiger partial charge >= 0.3 is 0 Å². The molecule has 0 bridgehead atoms. The maximum Gasteiger partial charge on any atom is 0.228 e. The van der Waals surface area contributed by atoms with Crippen molar-refractivity contribution in [3.05, 3.63) is 29.7 Å². The van der Waals surface area contributed by atoms with Crippen molar-refractivity contribution in [1.82, 2.24) is 19.5 Å². The third-order valence-corrected chi connectivity index (χ3v) is 4.65. The summed E-state index contributed by atoms with van der Waals surface area (Å²) in [5, 5.41) is 4.80. The van der Waals surface area contributed by atoms with Crippen molar-refractivity contribution in [2.24, 2.45) is 5.41 Å². The quantitative estimate of drug-likeness (QED) is 0.801. The molecule has 2 aromatic rings. The highest BCUT2D eigenvalue weighted by Crippen LogP contribution is 2.35. The summed E-state index contributed by atoms with van der Waals surface area (Å²) < 4.78 is 1.93. The van der Waals surface area contributed by atoms with Crippen LogP contribution in [0.15, 0.2) is 18.3 Å². The van der Waals surface area contributed by atoms with Crippen molar-refractivity contribution < 1.29 is 4.79 Å². The molecule has 0 aromatic carbocycles. The molecule has 5 nitrogen and oxygen atoms in total. The van der Waals surface area contributed by atoms with Crippen LogP contribution in [-0.4, -0.2) is 31.9 Å². The van der Waals surface area contributed by atoms with E-state index in [1.807, 2.05) is 48.5 Å². The summed E-state index contributed by atoms with van der Waals surface area (Å²) in [6.45, 7) is 13.2. The van der Waals surface area contributed by atoms with E-state index < -0.39 is 0 Å². The number of amides is 1.